The SMILES string of the molecule is CCn1c(C2CCOCC2)nc2cc(CN)ccc21. The van der Waals surface area contributed by atoms with Crippen molar-refractivity contribution in [2.75, 3.05) is 13.2 Å². The number of hydrogen-bond acceptors (Lipinski definition) is 3. The van der Waals surface area contributed by atoms with E-state index in [1.807, 2.05) is 0 Å². The predicted molar refractivity (Wildman–Crippen MR) is 76.1 cm³/mol. The first kappa shape index (κ1) is 12.6. The van der Waals surface area contributed by atoms with E-state index in [-0.39, 0.29) is 0 Å². The molecule has 2 aromatic rings. The summed E-state index contributed by atoms with van der Waals surface area (Å²) < 4.78 is 7.79. The number of benzene rings is 1. The summed E-state index contributed by atoms with van der Waals surface area (Å²) in [6.45, 7) is 5.42. The maximum absolute atomic E-state index is 5.71. The third kappa shape index (κ3) is 2.26. The molecule has 1 saturated heterocycles. The van der Waals surface area contributed by atoms with Crippen LogP contribution in [0.5, 0.6) is 0 Å². The van der Waals surface area contributed by atoms with Crippen LogP contribution in [0.1, 0.15) is 37.1 Å². The minimum absolute atomic E-state index is 0.530. The topological polar surface area (TPSA) is 53.1 Å². The number of nitrogens with zero attached hydrogens (tertiary/aromatic N) is 2. The minimum Gasteiger partial charge on any atom is -0.381 e. The summed E-state index contributed by atoms with van der Waals surface area (Å²) in [6, 6.07) is 6.37. The van der Waals surface area contributed by atoms with E-state index in [4.69, 9.17) is 15.5 Å². The van der Waals surface area contributed by atoms with Crippen molar-refractivity contribution >= 4 is 11.0 Å². The molecule has 102 valence electrons. The van der Waals surface area contributed by atoms with E-state index < -0.39 is 0 Å². The van der Waals surface area contributed by atoms with Crippen LogP contribution < -0.4 is 5.73 Å². The molecule has 0 unspecified atom stereocenters. The van der Waals surface area contributed by atoms with Gasteiger partial charge in [-0.05, 0) is 37.5 Å². The van der Waals surface area contributed by atoms with E-state index in [1.165, 1.54) is 11.3 Å². The minimum atomic E-state index is 0.530. The van der Waals surface area contributed by atoms with Crippen LogP contribution in [0.4, 0.5) is 0 Å². The number of nitrogens with two attached hydrogens (primary N) is 1. The predicted octanol–water partition coefficient (Wildman–Crippen LogP) is 2.41. The normalized spacial score (nSPS) is 17.2. The summed E-state index contributed by atoms with van der Waals surface area (Å²) in [5.74, 6) is 1.75. The molecule has 0 atom stereocenters. The van der Waals surface area contributed by atoms with Crippen LogP contribution in [0.15, 0.2) is 18.2 Å². The third-order valence-electron chi connectivity index (χ3n) is 3.98. The zero-order valence-electron chi connectivity index (χ0n) is 11.4. The molecule has 1 aromatic heterocycles. The van der Waals surface area contributed by atoms with E-state index in [0.29, 0.717) is 12.5 Å². The van der Waals surface area contributed by atoms with Crippen LogP contribution in [0.2, 0.25) is 0 Å². The molecule has 19 heavy (non-hydrogen) atoms. The summed E-state index contributed by atoms with van der Waals surface area (Å²) in [5, 5.41) is 0. The molecule has 0 spiro atoms. The molecule has 1 aromatic carbocycles. The number of hydrogen-bond donors (Lipinski definition) is 1. The number of fused-ring (bicyclic) bond motifs is 1. The molecule has 0 saturated carbocycles. The van der Waals surface area contributed by atoms with Gasteiger partial charge in [0.1, 0.15) is 5.82 Å². The van der Waals surface area contributed by atoms with Crippen LogP contribution in [-0.2, 0) is 17.8 Å². The van der Waals surface area contributed by atoms with Gasteiger partial charge < -0.3 is 15.0 Å². The van der Waals surface area contributed by atoms with Crippen molar-refractivity contribution < 1.29 is 4.74 Å². The van der Waals surface area contributed by atoms with E-state index in [1.54, 1.807) is 0 Å². The summed E-state index contributed by atoms with van der Waals surface area (Å²) in [4.78, 5) is 4.87. The van der Waals surface area contributed by atoms with Crippen molar-refractivity contribution in [3.63, 3.8) is 0 Å². The number of rotatable bonds is 3. The Morgan fingerprint density at radius 1 is 1.37 bits per heavy atom. The molecular formula is C15H21N3O. The third-order valence-corrected chi connectivity index (χ3v) is 3.98. The van der Waals surface area contributed by atoms with Crippen LogP contribution in [0.3, 0.4) is 0 Å². The van der Waals surface area contributed by atoms with Gasteiger partial charge in [0.2, 0.25) is 0 Å². The Morgan fingerprint density at radius 2 is 2.16 bits per heavy atom. The molecule has 0 bridgehead atoms. The molecule has 4 heteroatoms. The van der Waals surface area contributed by atoms with Gasteiger partial charge in [-0.15, -0.1) is 0 Å². The summed E-state index contributed by atoms with van der Waals surface area (Å²) >= 11 is 0. The molecule has 0 aliphatic carbocycles. The Bertz CT molecular complexity index is 570. The van der Waals surface area contributed by atoms with Crippen molar-refractivity contribution in [2.24, 2.45) is 5.73 Å². The van der Waals surface area contributed by atoms with Gasteiger partial charge in [-0.1, -0.05) is 6.07 Å². The maximum atomic E-state index is 5.71. The van der Waals surface area contributed by atoms with Crippen molar-refractivity contribution in [1.29, 1.82) is 0 Å². The standard InChI is InChI=1S/C15H21N3O/c1-2-18-14-4-3-11(10-16)9-13(14)17-15(18)12-5-7-19-8-6-12/h3-4,9,12H,2,5-8,10,16H2,1H3. The van der Waals surface area contributed by atoms with Crippen LogP contribution >= 0.6 is 0 Å². The average Bonchev–Trinajstić information content (AvgIpc) is 2.85. The second-order valence-corrected chi connectivity index (χ2v) is 5.13. The molecule has 1 aliphatic rings. The smallest absolute Gasteiger partial charge is 0.113 e. The molecule has 3 rings (SSSR count). The second kappa shape index (κ2) is 5.31. The Hall–Kier alpha value is -1.39. The van der Waals surface area contributed by atoms with Crippen LogP contribution in [0.25, 0.3) is 11.0 Å². The quantitative estimate of drug-likeness (QED) is 0.921. The summed E-state index contributed by atoms with van der Waals surface area (Å²) in [5.41, 5.74) is 9.15. The molecule has 2 N–H and O–H groups in total. The van der Waals surface area contributed by atoms with Crippen molar-refractivity contribution in [1.82, 2.24) is 9.55 Å². The largest absolute Gasteiger partial charge is 0.381 e. The van der Waals surface area contributed by atoms with E-state index in [0.717, 1.165) is 43.7 Å². The van der Waals surface area contributed by atoms with E-state index in [9.17, 15) is 0 Å². The highest BCUT2D eigenvalue weighted by molar-refractivity contribution is 5.77. The molecule has 4 nitrogen and oxygen atoms in total. The van der Waals surface area contributed by atoms with Gasteiger partial charge in [-0.2, -0.15) is 0 Å². The fourth-order valence-electron chi connectivity index (χ4n) is 2.92. The zero-order chi connectivity index (χ0) is 13.2. The Kier molecular flexibility index (Phi) is 3.53. The van der Waals surface area contributed by atoms with Gasteiger partial charge in [0.05, 0.1) is 11.0 Å². The fourth-order valence-corrected chi connectivity index (χ4v) is 2.92. The number of imidazole rings is 1. The highest BCUT2D eigenvalue weighted by Gasteiger charge is 2.22. The van der Waals surface area contributed by atoms with Gasteiger partial charge in [0, 0.05) is 32.2 Å². The monoisotopic (exact) mass is 259 g/mol. The lowest BCUT2D eigenvalue weighted by Crippen LogP contribution is -2.17. The van der Waals surface area contributed by atoms with Crippen LogP contribution in [0, 0.1) is 0 Å². The Morgan fingerprint density at radius 3 is 2.84 bits per heavy atom. The first-order valence-electron chi connectivity index (χ1n) is 7.10. The highest BCUT2D eigenvalue weighted by Crippen LogP contribution is 2.29. The first-order valence-corrected chi connectivity index (χ1v) is 7.10. The molecular weight excluding hydrogens is 238 g/mol. The molecule has 2 heterocycles. The zero-order valence-corrected chi connectivity index (χ0v) is 11.4. The summed E-state index contributed by atoms with van der Waals surface area (Å²) in [6.07, 6.45) is 2.15. The van der Waals surface area contributed by atoms with E-state index >= 15 is 0 Å². The molecule has 0 amide bonds. The van der Waals surface area contributed by atoms with Crippen molar-refractivity contribution in [3.8, 4) is 0 Å². The molecule has 1 aliphatic heterocycles. The average molecular weight is 259 g/mol. The first-order chi connectivity index (χ1) is 9.33. The number of aromatic nitrogens is 2. The Balaban J connectivity index is 2.07. The molecule has 1 fully saturated rings. The maximum Gasteiger partial charge on any atom is 0.113 e. The lowest BCUT2D eigenvalue weighted by atomic mass is 9.99. The van der Waals surface area contributed by atoms with Gasteiger partial charge in [-0.25, -0.2) is 4.98 Å². The van der Waals surface area contributed by atoms with Gasteiger partial charge in [-0.3, -0.25) is 0 Å². The lowest BCUT2D eigenvalue weighted by Gasteiger charge is -2.22. The highest BCUT2D eigenvalue weighted by atomic mass is 16.5. The van der Waals surface area contributed by atoms with Gasteiger partial charge >= 0.3 is 0 Å². The number of aryl methyl sites for hydroxylation is 1. The lowest BCUT2D eigenvalue weighted by molar-refractivity contribution is 0.0829. The Labute approximate surface area is 113 Å². The van der Waals surface area contributed by atoms with Crippen LogP contribution in [-0.4, -0.2) is 22.8 Å². The fraction of sp³-hybridized carbons (Fsp3) is 0.533. The number of ether oxygens (including phenoxy) is 1. The second-order valence-electron chi connectivity index (χ2n) is 5.13. The summed E-state index contributed by atoms with van der Waals surface area (Å²) in [7, 11) is 0. The van der Waals surface area contributed by atoms with Gasteiger partial charge in [0.15, 0.2) is 0 Å². The van der Waals surface area contributed by atoms with Crippen molar-refractivity contribution in [2.45, 2.75) is 38.8 Å². The molecule has 0 radical (unpaired) electrons. The van der Waals surface area contributed by atoms with Crippen molar-refractivity contribution in [3.05, 3.63) is 29.6 Å². The van der Waals surface area contributed by atoms with E-state index in [2.05, 4.69) is 29.7 Å². The van der Waals surface area contributed by atoms with Gasteiger partial charge in [0.25, 0.3) is 0 Å².